The van der Waals surface area contributed by atoms with E-state index in [1.54, 1.807) is 7.11 Å². The molecule has 0 heterocycles. The van der Waals surface area contributed by atoms with Crippen molar-refractivity contribution in [3.63, 3.8) is 0 Å². The number of fused-ring (bicyclic) bond motifs is 1. The van der Waals surface area contributed by atoms with E-state index in [0.717, 1.165) is 26.6 Å². The van der Waals surface area contributed by atoms with Crippen LogP contribution in [0, 0.1) is 0 Å². The second kappa shape index (κ2) is 8.03. The third-order valence-electron chi connectivity index (χ3n) is 3.81. The van der Waals surface area contributed by atoms with E-state index in [9.17, 15) is 4.79 Å². The van der Waals surface area contributed by atoms with Gasteiger partial charge in [-0.15, -0.1) is 0 Å². The second-order valence-electron chi connectivity index (χ2n) is 5.53. The van der Waals surface area contributed by atoms with Crippen molar-refractivity contribution >= 4 is 32.6 Å². The van der Waals surface area contributed by atoms with E-state index in [-0.39, 0.29) is 12.5 Å². The lowest BCUT2D eigenvalue weighted by atomic mass is 10.1. The fourth-order valence-electron chi connectivity index (χ4n) is 2.53. The first-order valence-corrected chi connectivity index (χ1v) is 8.66. The van der Waals surface area contributed by atoms with Gasteiger partial charge in [0.25, 0.3) is 5.91 Å². The summed E-state index contributed by atoms with van der Waals surface area (Å²) in [6.07, 6.45) is 0. The first kappa shape index (κ1) is 17.3. The van der Waals surface area contributed by atoms with Crippen LogP contribution in [0.5, 0.6) is 11.5 Å². The zero-order valence-corrected chi connectivity index (χ0v) is 15.4. The maximum atomic E-state index is 12.0. The van der Waals surface area contributed by atoms with E-state index >= 15 is 0 Å². The maximum Gasteiger partial charge on any atom is 0.258 e. The van der Waals surface area contributed by atoms with E-state index in [1.807, 2.05) is 60.7 Å². The van der Waals surface area contributed by atoms with E-state index < -0.39 is 0 Å². The highest BCUT2D eigenvalue weighted by Gasteiger charge is 2.06. The fourth-order valence-corrected chi connectivity index (χ4v) is 2.91. The molecule has 0 atom stereocenters. The number of halogens is 1. The minimum Gasteiger partial charge on any atom is -0.496 e. The molecule has 0 aliphatic rings. The molecule has 0 spiro atoms. The fraction of sp³-hybridized carbons (Fsp3) is 0.150. The van der Waals surface area contributed by atoms with Crippen molar-refractivity contribution in [1.29, 1.82) is 0 Å². The lowest BCUT2D eigenvalue weighted by Gasteiger charge is -2.10. The Morgan fingerprint density at radius 2 is 1.80 bits per heavy atom. The van der Waals surface area contributed by atoms with E-state index in [1.165, 1.54) is 0 Å². The molecule has 0 bridgehead atoms. The van der Waals surface area contributed by atoms with Gasteiger partial charge in [0, 0.05) is 16.6 Å². The number of para-hydroxylation sites is 1. The third-order valence-corrected chi connectivity index (χ3v) is 4.31. The summed E-state index contributed by atoms with van der Waals surface area (Å²) in [4.78, 5) is 12.0. The normalized spacial score (nSPS) is 10.5. The predicted octanol–water partition coefficient (Wildman–Crippen LogP) is 4.31. The Hall–Kier alpha value is -2.53. The number of carbonyl (C=O) groups is 1. The molecule has 0 saturated heterocycles. The second-order valence-corrected chi connectivity index (χ2v) is 6.45. The molecule has 0 saturated carbocycles. The van der Waals surface area contributed by atoms with Crippen LogP contribution in [0.4, 0.5) is 0 Å². The van der Waals surface area contributed by atoms with Gasteiger partial charge >= 0.3 is 0 Å². The summed E-state index contributed by atoms with van der Waals surface area (Å²) in [7, 11) is 1.61. The molecule has 128 valence electrons. The SMILES string of the molecule is COc1ccccc1CNC(=O)COc1ccc2cc(Br)ccc2c1. The van der Waals surface area contributed by atoms with Gasteiger partial charge in [0.15, 0.2) is 6.61 Å². The quantitative estimate of drug-likeness (QED) is 0.671. The summed E-state index contributed by atoms with van der Waals surface area (Å²) in [6, 6.07) is 19.4. The summed E-state index contributed by atoms with van der Waals surface area (Å²) in [6.45, 7) is 0.370. The van der Waals surface area contributed by atoms with Gasteiger partial charge in [0.05, 0.1) is 7.11 Å². The summed E-state index contributed by atoms with van der Waals surface area (Å²) < 4.78 is 11.9. The number of rotatable bonds is 6. The molecule has 5 heteroatoms. The molecule has 3 aromatic carbocycles. The largest absolute Gasteiger partial charge is 0.496 e. The molecule has 0 radical (unpaired) electrons. The highest BCUT2D eigenvalue weighted by Crippen LogP contribution is 2.24. The average molecular weight is 400 g/mol. The molecule has 0 aliphatic carbocycles. The number of ether oxygens (including phenoxy) is 2. The van der Waals surface area contributed by atoms with Crippen LogP contribution in [-0.2, 0) is 11.3 Å². The van der Waals surface area contributed by atoms with Gasteiger partial charge < -0.3 is 14.8 Å². The van der Waals surface area contributed by atoms with Crippen LogP contribution in [-0.4, -0.2) is 19.6 Å². The predicted molar refractivity (Wildman–Crippen MR) is 102 cm³/mol. The highest BCUT2D eigenvalue weighted by atomic mass is 79.9. The summed E-state index contributed by atoms with van der Waals surface area (Å²) in [5.74, 6) is 1.24. The average Bonchev–Trinajstić information content (AvgIpc) is 2.64. The summed E-state index contributed by atoms with van der Waals surface area (Å²) >= 11 is 3.45. The molecular formula is C20H18BrNO3. The molecule has 3 rings (SSSR count). The van der Waals surface area contributed by atoms with Gasteiger partial charge in [-0.2, -0.15) is 0 Å². The molecule has 4 nitrogen and oxygen atoms in total. The number of amides is 1. The van der Waals surface area contributed by atoms with Crippen molar-refractivity contribution in [3.05, 3.63) is 70.7 Å². The topological polar surface area (TPSA) is 47.6 Å². The van der Waals surface area contributed by atoms with Crippen molar-refractivity contribution in [2.45, 2.75) is 6.54 Å². The monoisotopic (exact) mass is 399 g/mol. The molecule has 0 aliphatic heterocycles. The Balaban J connectivity index is 1.56. The van der Waals surface area contributed by atoms with Gasteiger partial charge in [-0.25, -0.2) is 0 Å². The van der Waals surface area contributed by atoms with Crippen LogP contribution < -0.4 is 14.8 Å². The van der Waals surface area contributed by atoms with Gasteiger partial charge in [-0.3, -0.25) is 4.79 Å². The highest BCUT2D eigenvalue weighted by molar-refractivity contribution is 9.10. The Bertz CT molecular complexity index is 895. The Morgan fingerprint density at radius 3 is 2.64 bits per heavy atom. The van der Waals surface area contributed by atoms with Crippen molar-refractivity contribution in [2.75, 3.05) is 13.7 Å². The third kappa shape index (κ3) is 4.51. The van der Waals surface area contributed by atoms with Crippen molar-refractivity contribution in [1.82, 2.24) is 5.32 Å². The summed E-state index contributed by atoms with van der Waals surface area (Å²) in [5.41, 5.74) is 0.926. The molecule has 0 unspecified atom stereocenters. The first-order chi connectivity index (χ1) is 12.2. The standard InChI is InChI=1S/C20H18BrNO3/c1-24-19-5-3-2-4-16(19)12-22-20(23)13-25-18-9-7-14-10-17(21)8-6-15(14)11-18/h2-11H,12-13H2,1H3,(H,22,23). The lowest BCUT2D eigenvalue weighted by Crippen LogP contribution is -2.28. The number of hydrogen-bond acceptors (Lipinski definition) is 3. The van der Waals surface area contributed by atoms with Crippen LogP contribution >= 0.6 is 15.9 Å². The van der Waals surface area contributed by atoms with Gasteiger partial charge in [0.1, 0.15) is 11.5 Å². The number of benzene rings is 3. The van der Waals surface area contributed by atoms with Crippen LogP contribution in [0.2, 0.25) is 0 Å². The van der Waals surface area contributed by atoms with Crippen molar-refractivity contribution in [3.8, 4) is 11.5 Å². The van der Waals surface area contributed by atoms with Crippen LogP contribution in [0.15, 0.2) is 65.1 Å². The van der Waals surface area contributed by atoms with Gasteiger partial charge in [-0.05, 0) is 41.1 Å². The Labute approximate surface area is 154 Å². The molecule has 1 amide bonds. The van der Waals surface area contributed by atoms with Crippen LogP contribution in [0.3, 0.4) is 0 Å². The molecule has 3 aromatic rings. The molecular weight excluding hydrogens is 382 g/mol. The molecule has 0 aromatic heterocycles. The zero-order chi connectivity index (χ0) is 17.6. The minimum absolute atomic E-state index is 0.0306. The Kier molecular flexibility index (Phi) is 5.56. The van der Waals surface area contributed by atoms with Crippen LogP contribution in [0.1, 0.15) is 5.56 Å². The Morgan fingerprint density at radius 1 is 1.04 bits per heavy atom. The number of nitrogens with one attached hydrogen (secondary N) is 1. The number of hydrogen-bond donors (Lipinski definition) is 1. The van der Waals surface area contributed by atoms with E-state index in [4.69, 9.17) is 9.47 Å². The lowest BCUT2D eigenvalue weighted by molar-refractivity contribution is -0.123. The van der Waals surface area contributed by atoms with E-state index in [0.29, 0.717) is 12.3 Å². The first-order valence-electron chi connectivity index (χ1n) is 7.86. The van der Waals surface area contributed by atoms with Gasteiger partial charge in [-0.1, -0.05) is 46.3 Å². The smallest absolute Gasteiger partial charge is 0.258 e. The van der Waals surface area contributed by atoms with Gasteiger partial charge in [0.2, 0.25) is 0 Å². The van der Waals surface area contributed by atoms with Crippen LogP contribution in [0.25, 0.3) is 10.8 Å². The molecule has 1 N–H and O–H groups in total. The number of methoxy groups -OCH3 is 1. The molecule has 25 heavy (non-hydrogen) atoms. The zero-order valence-electron chi connectivity index (χ0n) is 13.8. The minimum atomic E-state index is -0.179. The maximum absolute atomic E-state index is 12.0. The van der Waals surface area contributed by atoms with E-state index in [2.05, 4.69) is 21.2 Å². The summed E-state index contributed by atoms with van der Waals surface area (Å²) in [5, 5.41) is 5.02. The number of carbonyl (C=O) groups excluding carboxylic acids is 1. The van der Waals surface area contributed by atoms with Crippen molar-refractivity contribution < 1.29 is 14.3 Å². The molecule has 0 fully saturated rings. The van der Waals surface area contributed by atoms with Crippen molar-refractivity contribution in [2.24, 2.45) is 0 Å².